The lowest BCUT2D eigenvalue weighted by Gasteiger charge is -2.02. The highest BCUT2D eigenvalue weighted by Crippen LogP contribution is 2.33. The van der Waals surface area contributed by atoms with Gasteiger partial charge < -0.3 is 4.42 Å². The molecule has 0 atom stereocenters. The molecule has 1 aliphatic carbocycles. The summed E-state index contributed by atoms with van der Waals surface area (Å²) in [5.74, 6) is 0.651. The molecule has 1 heterocycles. The number of rotatable bonds is 1. The van der Waals surface area contributed by atoms with Crippen LogP contribution in [0.25, 0.3) is 16.5 Å². The molecule has 1 aromatic heterocycles. The molecule has 1 aliphatic rings. The smallest absolute Gasteiger partial charge is 0.193 e. The normalized spacial score (nSPS) is 12.8. The molecule has 1 aromatic carbocycles. The van der Waals surface area contributed by atoms with E-state index in [0.29, 0.717) is 16.7 Å². The lowest BCUT2D eigenvalue weighted by atomic mass is 10.1. The Morgan fingerprint density at radius 1 is 1.24 bits per heavy atom. The maximum Gasteiger partial charge on any atom is 0.193 e. The summed E-state index contributed by atoms with van der Waals surface area (Å²) in [5.41, 5.74) is 2.79. The van der Waals surface area contributed by atoms with Crippen LogP contribution in [0.5, 0.6) is 0 Å². The molecular formula is C15H17O2. The predicted octanol–water partition coefficient (Wildman–Crippen LogP) is 3.97. The maximum atomic E-state index is 11.9. The lowest BCUT2D eigenvalue weighted by Crippen LogP contribution is -2.02. The van der Waals surface area contributed by atoms with Crippen LogP contribution < -0.4 is 5.43 Å². The van der Waals surface area contributed by atoms with Gasteiger partial charge in [0, 0.05) is 13.9 Å². The Bertz CT molecular complexity index is 638. The van der Waals surface area contributed by atoms with Crippen molar-refractivity contribution in [1.82, 2.24) is 0 Å². The summed E-state index contributed by atoms with van der Waals surface area (Å²) < 4.78 is 5.52. The number of fused-ring (bicyclic) bond motifs is 1. The summed E-state index contributed by atoms with van der Waals surface area (Å²) in [6.07, 6.45) is 3.99. The van der Waals surface area contributed by atoms with E-state index >= 15 is 0 Å². The monoisotopic (exact) mass is 229 g/mol. The first kappa shape index (κ1) is 11.6. The van der Waals surface area contributed by atoms with Gasteiger partial charge in [-0.05, 0) is 24.1 Å². The molecule has 2 nitrogen and oxygen atoms in total. The van der Waals surface area contributed by atoms with Crippen LogP contribution in [0, 0.1) is 13.3 Å². The highest BCUT2D eigenvalue weighted by molar-refractivity contribution is 5.99. The van der Waals surface area contributed by atoms with E-state index in [9.17, 15) is 4.79 Å². The van der Waals surface area contributed by atoms with Crippen molar-refractivity contribution >= 4 is 16.5 Å². The number of aryl methyl sites for hydroxylation is 1. The van der Waals surface area contributed by atoms with Crippen LogP contribution >= 0.6 is 0 Å². The first-order chi connectivity index (χ1) is 8.25. The summed E-state index contributed by atoms with van der Waals surface area (Å²) in [6.45, 7) is 5.79. The van der Waals surface area contributed by atoms with E-state index in [1.165, 1.54) is 6.07 Å². The van der Waals surface area contributed by atoms with E-state index in [2.05, 4.69) is 0 Å². The molecule has 0 spiro atoms. The number of allylic oxidation sites excluding steroid dienone is 2. The van der Waals surface area contributed by atoms with Gasteiger partial charge in [-0.3, -0.25) is 4.79 Å². The zero-order valence-electron chi connectivity index (χ0n) is 10.3. The fraction of sp³-hybridized carbons (Fsp3) is 0.200. The predicted molar refractivity (Wildman–Crippen MR) is 73.0 cm³/mol. The summed E-state index contributed by atoms with van der Waals surface area (Å²) in [6, 6.07) is 7.22. The molecule has 0 N–H and O–H groups in total. The SMILES string of the molecule is CC.Cc1cc(=O)c2c(C3=C[CH]3)cccc2o1.[HH]. The Kier molecular flexibility index (Phi) is 3.14. The Morgan fingerprint density at radius 2 is 1.94 bits per heavy atom. The summed E-state index contributed by atoms with van der Waals surface area (Å²) in [7, 11) is 0. The highest BCUT2D eigenvalue weighted by Gasteiger charge is 2.16. The van der Waals surface area contributed by atoms with Crippen molar-refractivity contribution < 1.29 is 5.84 Å². The van der Waals surface area contributed by atoms with E-state index in [-0.39, 0.29) is 6.86 Å². The lowest BCUT2D eigenvalue weighted by molar-refractivity contribution is 0.564. The third-order valence-corrected chi connectivity index (χ3v) is 2.52. The molecule has 0 fully saturated rings. The fourth-order valence-electron chi connectivity index (χ4n) is 1.79. The van der Waals surface area contributed by atoms with Crippen LogP contribution in [-0.2, 0) is 0 Å². The van der Waals surface area contributed by atoms with Crippen LogP contribution in [0.15, 0.2) is 39.6 Å². The average Bonchev–Trinajstić information content (AvgIpc) is 3.14. The van der Waals surface area contributed by atoms with E-state index < -0.39 is 0 Å². The second kappa shape index (κ2) is 4.58. The molecule has 89 valence electrons. The number of benzene rings is 1. The van der Waals surface area contributed by atoms with Crippen LogP contribution in [0.3, 0.4) is 0 Å². The van der Waals surface area contributed by atoms with Crippen LogP contribution in [-0.4, -0.2) is 0 Å². The van der Waals surface area contributed by atoms with Crippen molar-refractivity contribution in [2.75, 3.05) is 0 Å². The molecule has 3 rings (SSSR count). The van der Waals surface area contributed by atoms with Crippen molar-refractivity contribution in [3.63, 3.8) is 0 Å². The largest absolute Gasteiger partial charge is 0.461 e. The molecule has 2 heteroatoms. The fourth-order valence-corrected chi connectivity index (χ4v) is 1.79. The zero-order valence-corrected chi connectivity index (χ0v) is 10.3. The van der Waals surface area contributed by atoms with Crippen molar-refractivity contribution in [3.8, 4) is 0 Å². The van der Waals surface area contributed by atoms with Crippen molar-refractivity contribution in [1.29, 1.82) is 0 Å². The third kappa shape index (κ3) is 2.16. The molecule has 0 amide bonds. The Balaban J connectivity index is 0.000000516. The second-order valence-electron chi connectivity index (χ2n) is 3.69. The van der Waals surface area contributed by atoms with Gasteiger partial charge in [0.2, 0.25) is 0 Å². The molecule has 0 aliphatic heterocycles. The highest BCUT2D eigenvalue weighted by atomic mass is 16.3. The van der Waals surface area contributed by atoms with Gasteiger partial charge in [0.1, 0.15) is 11.3 Å². The zero-order chi connectivity index (χ0) is 12.4. The number of hydrogen-bond acceptors (Lipinski definition) is 2. The molecule has 0 saturated heterocycles. The van der Waals surface area contributed by atoms with Gasteiger partial charge in [-0.15, -0.1) is 0 Å². The van der Waals surface area contributed by atoms with Gasteiger partial charge in [0.05, 0.1) is 5.39 Å². The van der Waals surface area contributed by atoms with Gasteiger partial charge in [-0.1, -0.05) is 32.1 Å². The Hall–Kier alpha value is -1.83. The number of hydrogen-bond donors (Lipinski definition) is 0. The van der Waals surface area contributed by atoms with Gasteiger partial charge in [0.15, 0.2) is 5.43 Å². The van der Waals surface area contributed by atoms with Crippen LogP contribution in [0.4, 0.5) is 0 Å². The minimum atomic E-state index is 0. The van der Waals surface area contributed by atoms with E-state index in [1.807, 2.05) is 44.5 Å². The van der Waals surface area contributed by atoms with Gasteiger partial charge in [-0.25, -0.2) is 0 Å². The van der Waals surface area contributed by atoms with E-state index in [0.717, 1.165) is 11.1 Å². The van der Waals surface area contributed by atoms with Gasteiger partial charge in [0.25, 0.3) is 0 Å². The molecule has 1 radical (unpaired) electrons. The second-order valence-corrected chi connectivity index (χ2v) is 3.69. The molecule has 0 unspecified atom stereocenters. The summed E-state index contributed by atoms with van der Waals surface area (Å²) >= 11 is 0. The molecule has 17 heavy (non-hydrogen) atoms. The first-order valence-electron chi connectivity index (χ1n) is 5.84. The van der Waals surface area contributed by atoms with Gasteiger partial charge >= 0.3 is 0 Å². The molecular weight excluding hydrogens is 212 g/mol. The standard InChI is InChI=1S/C13H9O2.C2H6.H2/c1-8-7-11(14)13-10(9-5-6-9)3-2-4-12(13)15-8;1-2;/h2-7H,1H3;1-2H3;1H. The third-order valence-electron chi connectivity index (χ3n) is 2.52. The minimum Gasteiger partial charge on any atom is -0.461 e. The Morgan fingerprint density at radius 3 is 2.59 bits per heavy atom. The van der Waals surface area contributed by atoms with Crippen LogP contribution in [0.2, 0.25) is 0 Å². The molecule has 0 bridgehead atoms. The summed E-state index contributed by atoms with van der Waals surface area (Å²) in [5, 5.41) is 0.683. The summed E-state index contributed by atoms with van der Waals surface area (Å²) in [4.78, 5) is 11.9. The topological polar surface area (TPSA) is 30.2 Å². The van der Waals surface area contributed by atoms with Crippen LogP contribution in [0.1, 0.15) is 26.6 Å². The van der Waals surface area contributed by atoms with Crippen molar-refractivity contribution in [2.24, 2.45) is 0 Å². The molecule has 2 aromatic rings. The first-order valence-corrected chi connectivity index (χ1v) is 5.84. The average molecular weight is 229 g/mol. The van der Waals surface area contributed by atoms with E-state index in [4.69, 9.17) is 4.42 Å². The van der Waals surface area contributed by atoms with Crippen molar-refractivity contribution in [2.45, 2.75) is 20.8 Å². The Labute approximate surface area is 102 Å². The quantitative estimate of drug-likeness (QED) is 0.740. The maximum absolute atomic E-state index is 11.9. The minimum absolute atomic E-state index is 0. The van der Waals surface area contributed by atoms with Crippen molar-refractivity contribution in [3.05, 3.63) is 58.3 Å². The molecule has 0 saturated carbocycles. The van der Waals surface area contributed by atoms with Gasteiger partial charge in [-0.2, -0.15) is 0 Å². The van der Waals surface area contributed by atoms with E-state index in [1.54, 1.807) is 6.92 Å².